The number of aryl methyl sites for hydroxylation is 1. The van der Waals surface area contributed by atoms with Gasteiger partial charge in [-0.25, -0.2) is 4.79 Å². The second-order valence-corrected chi connectivity index (χ2v) is 7.02. The molecule has 1 aliphatic heterocycles. The van der Waals surface area contributed by atoms with Gasteiger partial charge in [0.1, 0.15) is 5.60 Å². The van der Waals surface area contributed by atoms with Crippen molar-refractivity contribution in [3.05, 3.63) is 34.9 Å². The van der Waals surface area contributed by atoms with E-state index >= 15 is 0 Å². The number of carbonyl (C=O) groups is 1. The molecule has 2 rings (SSSR count). The summed E-state index contributed by atoms with van der Waals surface area (Å²) in [4.78, 5) is 14.0. The Morgan fingerprint density at radius 3 is 2.86 bits per heavy atom. The standard InChI is InChI=1S/C18H28N2O2/c1-14-7-5-8-15-9-12-20(13-16(14)15)11-6-10-19-17(21)22-18(2,3)4/h5,7-8H,6,9-13H2,1-4H3,(H,19,21). The molecule has 1 heterocycles. The Morgan fingerprint density at radius 2 is 2.14 bits per heavy atom. The predicted molar refractivity (Wildman–Crippen MR) is 89.0 cm³/mol. The molecule has 1 amide bonds. The minimum absolute atomic E-state index is 0.327. The number of amides is 1. The van der Waals surface area contributed by atoms with Crippen LogP contribution in [0.1, 0.15) is 43.9 Å². The molecule has 0 aromatic heterocycles. The molecule has 4 heteroatoms. The normalized spacial score (nSPS) is 15.3. The molecule has 0 saturated carbocycles. The van der Waals surface area contributed by atoms with Crippen LogP contribution >= 0.6 is 0 Å². The molecule has 1 aliphatic rings. The highest BCUT2D eigenvalue weighted by Crippen LogP contribution is 2.22. The number of nitrogens with one attached hydrogen (secondary N) is 1. The van der Waals surface area contributed by atoms with Crippen LogP contribution in [-0.4, -0.2) is 36.2 Å². The molecule has 0 spiro atoms. The Bertz CT molecular complexity index is 520. The number of nitrogens with zero attached hydrogens (tertiary/aromatic N) is 1. The number of carbonyl (C=O) groups excluding carboxylic acids is 1. The maximum Gasteiger partial charge on any atom is 0.407 e. The summed E-state index contributed by atoms with van der Waals surface area (Å²) in [5, 5.41) is 2.82. The van der Waals surface area contributed by atoms with Crippen molar-refractivity contribution in [2.45, 2.75) is 52.7 Å². The van der Waals surface area contributed by atoms with E-state index in [1.165, 1.54) is 16.7 Å². The lowest BCUT2D eigenvalue weighted by atomic mass is 9.95. The summed E-state index contributed by atoms with van der Waals surface area (Å²) >= 11 is 0. The SMILES string of the molecule is Cc1cccc2c1CN(CCCNC(=O)OC(C)(C)C)CC2. The van der Waals surface area contributed by atoms with E-state index < -0.39 is 5.60 Å². The summed E-state index contributed by atoms with van der Waals surface area (Å²) in [5.41, 5.74) is 3.92. The summed E-state index contributed by atoms with van der Waals surface area (Å²) in [7, 11) is 0. The smallest absolute Gasteiger partial charge is 0.407 e. The molecule has 0 unspecified atom stereocenters. The number of hydrogen-bond acceptors (Lipinski definition) is 3. The van der Waals surface area contributed by atoms with Gasteiger partial charge in [0.2, 0.25) is 0 Å². The van der Waals surface area contributed by atoms with E-state index in [4.69, 9.17) is 4.74 Å². The average molecular weight is 304 g/mol. The molecular formula is C18H28N2O2. The molecule has 0 radical (unpaired) electrons. The molecular weight excluding hydrogens is 276 g/mol. The summed E-state index contributed by atoms with van der Waals surface area (Å²) in [6, 6.07) is 6.57. The number of benzene rings is 1. The van der Waals surface area contributed by atoms with Gasteiger partial charge in [-0.05, 0) is 57.2 Å². The highest BCUT2D eigenvalue weighted by atomic mass is 16.6. The second-order valence-electron chi connectivity index (χ2n) is 7.02. The van der Waals surface area contributed by atoms with Crippen LogP contribution in [0.25, 0.3) is 0 Å². The van der Waals surface area contributed by atoms with Gasteiger partial charge in [0.15, 0.2) is 0 Å². The number of alkyl carbamates (subject to hydrolysis) is 1. The zero-order valence-corrected chi connectivity index (χ0v) is 14.2. The topological polar surface area (TPSA) is 41.6 Å². The van der Waals surface area contributed by atoms with Gasteiger partial charge in [0, 0.05) is 26.2 Å². The van der Waals surface area contributed by atoms with Gasteiger partial charge in [-0.15, -0.1) is 0 Å². The van der Waals surface area contributed by atoms with Crippen molar-refractivity contribution in [2.75, 3.05) is 19.6 Å². The minimum atomic E-state index is -0.432. The van der Waals surface area contributed by atoms with E-state index in [0.29, 0.717) is 6.54 Å². The van der Waals surface area contributed by atoms with Gasteiger partial charge >= 0.3 is 6.09 Å². The Hall–Kier alpha value is -1.55. The third-order valence-electron chi connectivity index (χ3n) is 3.91. The maximum atomic E-state index is 11.6. The zero-order valence-electron chi connectivity index (χ0n) is 14.2. The first-order valence-electron chi connectivity index (χ1n) is 8.12. The molecule has 1 aromatic rings. The molecule has 0 saturated heterocycles. The van der Waals surface area contributed by atoms with Crippen LogP contribution in [0, 0.1) is 6.92 Å². The van der Waals surface area contributed by atoms with E-state index in [2.05, 4.69) is 35.3 Å². The van der Waals surface area contributed by atoms with E-state index in [1.807, 2.05) is 20.8 Å². The van der Waals surface area contributed by atoms with Crippen LogP contribution < -0.4 is 5.32 Å². The predicted octanol–water partition coefficient (Wildman–Crippen LogP) is 3.27. The minimum Gasteiger partial charge on any atom is -0.444 e. The fraction of sp³-hybridized carbons (Fsp3) is 0.611. The number of hydrogen-bond donors (Lipinski definition) is 1. The van der Waals surface area contributed by atoms with Gasteiger partial charge in [0.25, 0.3) is 0 Å². The van der Waals surface area contributed by atoms with Crippen molar-refractivity contribution in [3.63, 3.8) is 0 Å². The van der Waals surface area contributed by atoms with Crippen LogP contribution in [0.4, 0.5) is 4.79 Å². The molecule has 4 nitrogen and oxygen atoms in total. The molecule has 22 heavy (non-hydrogen) atoms. The lowest BCUT2D eigenvalue weighted by Gasteiger charge is -2.29. The van der Waals surface area contributed by atoms with Gasteiger partial charge in [-0.1, -0.05) is 18.2 Å². The van der Waals surface area contributed by atoms with Gasteiger partial charge in [0.05, 0.1) is 0 Å². The molecule has 0 fully saturated rings. The van der Waals surface area contributed by atoms with E-state index in [1.54, 1.807) is 0 Å². The van der Waals surface area contributed by atoms with Crippen LogP contribution in [0.5, 0.6) is 0 Å². The van der Waals surface area contributed by atoms with E-state index in [-0.39, 0.29) is 6.09 Å². The van der Waals surface area contributed by atoms with Crippen LogP contribution in [0.2, 0.25) is 0 Å². The summed E-state index contributed by atoms with van der Waals surface area (Å²) in [6.45, 7) is 11.6. The third kappa shape index (κ3) is 5.02. The van der Waals surface area contributed by atoms with Gasteiger partial charge in [-0.2, -0.15) is 0 Å². The number of ether oxygens (including phenoxy) is 1. The summed E-state index contributed by atoms with van der Waals surface area (Å²) in [5.74, 6) is 0. The molecule has 1 N–H and O–H groups in total. The van der Waals surface area contributed by atoms with Crippen LogP contribution in [-0.2, 0) is 17.7 Å². The largest absolute Gasteiger partial charge is 0.444 e. The fourth-order valence-electron chi connectivity index (χ4n) is 2.80. The van der Waals surface area contributed by atoms with E-state index in [0.717, 1.165) is 32.5 Å². The van der Waals surface area contributed by atoms with E-state index in [9.17, 15) is 4.79 Å². The summed E-state index contributed by atoms with van der Waals surface area (Å²) < 4.78 is 5.23. The monoisotopic (exact) mass is 304 g/mol. The maximum absolute atomic E-state index is 11.6. The van der Waals surface area contributed by atoms with Crippen molar-refractivity contribution < 1.29 is 9.53 Å². The van der Waals surface area contributed by atoms with Crippen molar-refractivity contribution in [2.24, 2.45) is 0 Å². The molecule has 0 atom stereocenters. The third-order valence-corrected chi connectivity index (χ3v) is 3.91. The Balaban J connectivity index is 1.71. The Morgan fingerprint density at radius 1 is 1.36 bits per heavy atom. The molecule has 122 valence electrons. The molecule has 1 aromatic carbocycles. The quantitative estimate of drug-likeness (QED) is 0.868. The van der Waals surface area contributed by atoms with Crippen molar-refractivity contribution in [3.8, 4) is 0 Å². The van der Waals surface area contributed by atoms with Gasteiger partial charge < -0.3 is 10.1 Å². The highest BCUT2D eigenvalue weighted by Gasteiger charge is 2.18. The number of rotatable bonds is 4. The van der Waals surface area contributed by atoms with Crippen LogP contribution in [0.15, 0.2) is 18.2 Å². The van der Waals surface area contributed by atoms with Crippen molar-refractivity contribution >= 4 is 6.09 Å². The molecule has 0 aliphatic carbocycles. The number of fused-ring (bicyclic) bond motifs is 1. The Kier molecular flexibility index (Phi) is 5.46. The van der Waals surface area contributed by atoms with Gasteiger partial charge in [-0.3, -0.25) is 4.90 Å². The average Bonchev–Trinajstić information content (AvgIpc) is 2.42. The first kappa shape index (κ1) is 16.8. The first-order chi connectivity index (χ1) is 10.3. The zero-order chi connectivity index (χ0) is 16.2. The summed E-state index contributed by atoms with van der Waals surface area (Å²) in [6.07, 6.45) is 1.74. The van der Waals surface area contributed by atoms with Crippen molar-refractivity contribution in [1.82, 2.24) is 10.2 Å². The fourth-order valence-corrected chi connectivity index (χ4v) is 2.80. The highest BCUT2D eigenvalue weighted by molar-refractivity contribution is 5.67. The lowest BCUT2D eigenvalue weighted by molar-refractivity contribution is 0.0525. The molecule has 0 bridgehead atoms. The lowest BCUT2D eigenvalue weighted by Crippen LogP contribution is -2.36. The van der Waals surface area contributed by atoms with Crippen LogP contribution in [0.3, 0.4) is 0 Å². The first-order valence-corrected chi connectivity index (χ1v) is 8.12. The second kappa shape index (κ2) is 7.14. The Labute approximate surface area is 133 Å². The van der Waals surface area contributed by atoms with Crippen molar-refractivity contribution in [1.29, 1.82) is 0 Å².